The maximum absolute atomic E-state index is 12.3. The third-order valence-electron chi connectivity index (χ3n) is 4.19. The zero-order valence-electron chi connectivity index (χ0n) is 15.1. The van der Waals surface area contributed by atoms with Gasteiger partial charge in [-0.25, -0.2) is 4.79 Å². The van der Waals surface area contributed by atoms with Gasteiger partial charge in [-0.3, -0.25) is 9.45 Å². The Balaban J connectivity index is 0.000000380. The van der Waals surface area contributed by atoms with Crippen molar-refractivity contribution >= 4 is 39.0 Å². The van der Waals surface area contributed by atoms with E-state index in [-0.39, 0.29) is 11.7 Å². The van der Waals surface area contributed by atoms with Gasteiger partial charge in [0.05, 0.1) is 12.9 Å². The molecule has 0 saturated carbocycles. The van der Waals surface area contributed by atoms with Gasteiger partial charge in [0, 0.05) is 23.0 Å². The lowest BCUT2D eigenvalue weighted by atomic mass is 10.0. The Morgan fingerprint density at radius 1 is 1.37 bits per heavy atom. The van der Waals surface area contributed by atoms with Crippen LogP contribution in [0.1, 0.15) is 29.0 Å². The molecule has 1 aromatic carbocycles. The van der Waals surface area contributed by atoms with Crippen molar-refractivity contribution in [2.75, 3.05) is 19.4 Å². The number of carbonyl (C=O) groups is 1. The van der Waals surface area contributed by atoms with Gasteiger partial charge >= 0.3 is 5.97 Å². The first-order valence-corrected chi connectivity index (χ1v) is 11.2. The molecule has 0 fully saturated rings. The van der Waals surface area contributed by atoms with Crippen molar-refractivity contribution in [3.8, 4) is 0 Å². The van der Waals surface area contributed by atoms with E-state index in [1.807, 2.05) is 24.3 Å². The molecule has 0 bridgehead atoms. The van der Waals surface area contributed by atoms with Gasteiger partial charge in [-0.15, -0.1) is 11.3 Å². The van der Waals surface area contributed by atoms with Crippen LogP contribution < -0.4 is 0 Å². The van der Waals surface area contributed by atoms with E-state index in [0.717, 1.165) is 25.1 Å². The minimum atomic E-state index is -3.66. The average molecular weight is 432 g/mol. The number of carbonyl (C=O) groups excluding carboxylic acids is 1. The number of rotatable bonds is 4. The molecule has 1 N–H and O–H groups in total. The normalized spacial score (nSPS) is 15.3. The van der Waals surface area contributed by atoms with Crippen LogP contribution in [0, 0.1) is 0 Å². The first-order valence-electron chi connectivity index (χ1n) is 8.33. The van der Waals surface area contributed by atoms with Crippen LogP contribution in [0.4, 0.5) is 0 Å². The Labute approximate surface area is 168 Å². The van der Waals surface area contributed by atoms with Crippen LogP contribution in [0.2, 0.25) is 5.02 Å². The number of ether oxygens (including phenoxy) is 1. The molecular weight excluding hydrogens is 410 g/mol. The second-order valence-corrected chi connectivity index (χ2v) is 9.06. The number of hydrogen-bond acceptors (Lipinski definition) is 6. The SMILES string of the molecule is CCS(=O)(=O)O.COC(=O)[C@H](c1ccccc1Cl)N1CCc2sccc2C1. The van der Waals surface area contributed by atoms with Gasteiger partial charge in [0.1, 0.15) is 6.04 Å². The van der Waals surface area contributed by atoms with E-state index in [0.29, 0.717) is 5.02 Å². The van der Waals surface area contributed by atoms with Crippen LogP contribution in [-0.2, 0) is 32.6 Å². The maximum atomic E-state index is 12.3. The molecule has 0 spiro atoms. The van der Waals surface area contributed by atoms with Gasteiger partial charge in [0.2, 0.25) is 0 Å². The second-order valence-electron chi connectivity index (χ2n) is 5.91. The quantitative estimate of drug-likeness (QED) is 0.588. The van der Waals surface area contributed by atoms with Crippen molar-refractivity contribution in [2.45, 2.75) is 25.9 Å². The first-order chi connectivity index (χ1) is 12.8. The fourth-order valence-corrected chi connectivity index (χ4v) is 3.90. The molecule has 1 aromatic heterocycles. The average Bonchev–Trinajstić information content (AvgIpc) is 3.11. The molecule has 0 unspecified atom stereocenters. The standard InChI is InChI=1S/C16H16ClNO2S.C2H6O3S/c1-20-16(19)15(12-4-2-3-5-13(12)17)18-8-6-14-11(10-18)7-9-21-14;1-2-6(3,4)5/h2-5,7,9,15H,6,8,10H2,1H3;2H2,1H3,(H,3,4,5)/t15-;/m0./s1. The number of fused-ring (bicyclic) bond motifs is 1. The van der Waals surface area contributed by atoms with Crippen LogP contribution in [0.5, 0.6) is 0 Å². The summed E-state index contributed by atoms with van der Waals surface area (Å²) >= 11 is 8.07. The van der Waals surface area contributed by atoms with Crippen molar-refractivity contribution in [1.82, 2.24) is 4.90 Å². The first kappa shape index (κ1) is 21.8. The van der Waals surface area contributed by atoms with E-state index in [1.165, 1.54) is 24.5 Å². The number of hydrogen-bond donors (Lipinski definition) is 1. The summed E-state index contributed by atoms with van der Waals surface area (Å²) in [6.45, 7) is 2.96. The predicted octanol–water partition coefficient (Wildman–Crippen LogP) is 3.57. The summed E-state index contributed by atoms with van der Waals surface area (Å²) < 4.78 is 31.9. The molecule has 27 heavy (non-hydrogen) atoms. The summed E-state index contributed by atoms with van der Waals surface area (Å²) in [5.74, 6) is -0.464. The maximum Gasteiger partial charge on any atom is 0.327 e. The van der Waals surface area contributed by atoms with Crippen LogP contribution in [0.3, 0.4) is 0 Å². The highest BCUT2D eigenvalue weighted by atomic mass is 35.5. The van der Waals surface area contributed by atoms with Crippen LogP contribution >= 0.6 is 22.9 Å². The number of thiophene rings is 1. The molecule has 3 rings (SSSR count). The summed E-state index contributed by atoms with van der Waals surface area (Å²) in [5, 5.41) is 2.71. The summed E-state index contributed by atoms with van der Waals surface area (Å²) in [7, 11) is -2.24. The summed E-state index contributed by atoms with van der Waals surface area (Å²) in [4.78, 5) is 15.8. The van der Waals surface area contributed by atoms with Gasteiger partial charge in [-0.1, -0.05) is 29.8 Å². The smallest absolute Gasteiger partial charge is 0.327 e. The highest BCUT2D eigenvalue weighted by molar-refractivity contribution is 7.85. The molecule has 0 aliphatic carbocycles. The van der Waals surface area contributed by atoms with Gasteiger partial charge in [0.25, 0.3) is 10.1 Å². The highest BCUT2D eigenvalue weighted by Crippen LogP contribution is 2.33. The monoisotopic (exact) mass is 431 g/mol. The second kappa shape index (κ2) is 9.66. The topological polar surface area (TPSA) is 83.9 Å². The molecule has 0 saturated heterocycles. The lowest BCUT2D eigenvalue weighted by molar-refractivity contribution is -0.147. The molecule has 148 valence electrons. The van der Waals surface area contributed by atoms with Crippen molar-refractivity contribution in [2.24, 2.45) is 0 Å². The van der Waals surface area contributed by atoms with E-state index in [2.05, 4.69) is 16.3 Å². The fourth-order valence-electron chi connectivity index (χ4n) is 2.77. The fraction of sp³-hybridized carbons (Fsp3) is 0.389. The van der Waals surface area contributed by atoms with Gasteiger partial charge < -0.3 is 4.74 Å². The molecule has 0 amide bonds. The van der Waals surface area contributed by atoms with Gasteiger partial charge in [-0.2, -0.15) is 8.42 Å². The molecule has 1 atom stereocenters. The van der Waals surface area contributed by atoms with Crippen LogP contribution in [0.15, 0.2) is 35.7 Å². The molecule has 1 aliphatic rings. The molecule has 6 nitrogen and oxygen atoms in total. The van der Waals surface area contributed by atoms with Crippen molar-refractivity contribution < 1.29 is 22.5 Å². The highest BCUT2D eigenvalue weighted by Gasteiger charge is 2.32. The Bertz CT molecular complexity index is 881. The zero-order chi connectivity index (χ0) is 20.0. The lowest BCUT2D eigenvalue weighted by Gasteiger charge is -2.33. The Morgan fingerprint density at radius 2 is 2.04 bits per heavy atom. The third-order valence-corrected chi connectivity index (χ3v) is 6.29. The molecule has 2 aromatic rings. The Morgan fingerprint density at radius 3 is 2.63 bits per heavy atom. The number of halogens is 1. The number of benzene rings is 1. The van der Waals surface area contributed by atoms with Gasteiger partial charge in [0.15, 0.2) is 0 Å². The third kappa shape index (κ3) is 6.02. The predicted molar refractivity (Wildman–Crippen MR) is 107 cm³/mol. The number of esters is 1. The van der Waals surface area contributed by atoms with Crippen molar-refractivity contribution in [3.63, 3.8) is 0 Å². The van der Waals surface area contributed by atoms with E-state index >= 15 is 0 Å². The summed E-state index contributed by atoms with van der Waals surface area (Å²) in [6, 6.07) is 9.16. The zero-order valence-corrected chi connectivity index (χ0v) is 17.5. The van der Waals surface area contributed by atoms with E-state index < -0.39 is 16.2 Å². The molecule has 1 aliphatic heterocycles. The molecule has 0 radical (unpaired) electrons. The minimum Gasteiger partial charge on any atom is -0.468 e. The summed E-state index contributed by atoms with van der Waals surface area (Å²) in [6.07, 6.45) is 0.963. The van der Waals surface area contributed by atoms with Gasteiger partial charge in [-0.05, 0) is 42.0 Å². The minimum absolute atomic E-state index is 0.201. The number of methoxy groups -OCH3 is 1. The van der Waals surface area contributed by atoms with Crippen LogP contribution in [0.25, 0.3) is 0 Å². The molecular formula is C18H22ClNO5S2. The van der Waals surface area contributed by atoms with E-state index in [1.54, 1.807) is 11.3 Å². The van der Waals surface area contributed by atoms with E-state index in [4.69, 9.17) is 20.9 Å². The number of nitrogens with zero attached hydrogens (tertiary/aromatic N) is 1. The molecule has 2 heterocycles. The molecule has 9 heteroatoms. The Hall–Kier alpha value is -1.45. The van der Waals surface area contributed by atoms with Crippen molar-refractivity contribution in [1.29, 1.82) is 0 Å². The van der Waals surface area contributed by atoms with Crippen molar-refractivity contribution in [3.05, 3.63) is 56.7 Å². The summed E-state index contributed by atoms with van der Waals surface area (Å²) in [5.41, 5.74) is 2.11. The van der Waals surface area contributed by atoms with Crippen LogP contribution in [-0.4, -0.2) is 43.2 Å². The Kier molecular flexibility index (Phi) is 7.81. The van der Waals surface area contributed by atoms with E-state index in [9.17, 15) is 13.2 Å². The largest absolute Gasteiger partial charge is 0.468 e. The lowest BCUT2D eigenvalue weighted by Crippen LogP contribution is -2.38.